The fourth-order valence-corrected chi connectivity index (χ4v) is 1.94. The Morgan fingerprint density at radius 3 is 2.65 bits per heavy atom. The number of carboxylic acid groups (broad SMARTS) is 1. The molecular weight excluding hydrogens is 298 g/mol. The molecule has 1 aromatic rings. The molecule has 0 radical (unpaired) electrons. The van der Waals surface area contributed by atoms with Crippen LogP contribution in [0, 0.1) is 0 Å². The number of carbonyl (C=O) groups excluding carboxylic acids is 1. The highest BCUT2D eigenvalue weighted by Gasteiger charge is 2.12. The monoisotopic (exact) mass is 321 g/mol. The summed E-state index contributed by atoms with van der Waals surface area (Å²) < 4.78 is 10.8. The zero-order chi connectivity index (χ0) is 17.2. The second-order valence-electron chi connectivity index (χ2n) is 5.01. The first-order valence-electron chi connectivity index (χ1n) is 7.37. The molecule has 1 rings (SSSR count). The van der Waals surface area contributed by atoms with Gasteiger partial charge in [-0.2, -0.15) is 0 Å². The molecule has 1 amide bonds. The Kier molecular flexibility index (Phi) is 7.66. The summed E-state index contributed by atoms with van der Waals surface area (Å²) >= 11 is 0. The third-order valence-electron chi connectivity index (χ3n) is 3.21. The summed E-state index contributed by atoms with van der Waals surface area (Å²) in [6, 6.07) is 5.46. The molecule has 0 aliphatic rings. The van der Waals surface area contributed by atoms with Gasteiger partial charge in [-0.15, -0.1) is 0 Å². The van der Waals surface area contributed by atoms with E-state index in [0.29, 0.717) is 24.5 Å². The number of carboxylic acids is 1. The van der Waals surface area contributed by atoms with Crippen molar-refractivity contribution in [2.24, 2.45) is 0 Å². The van der Waals surface area contributed by atoms with E-state index in [4.69, 9.17) is 14.6 Å². The molecule has 1 aromatic carbocycles. The van der Waals surface area contributed by atoms with Gasteiger partial charge in [-0.25, -0.2) is 0 Å². The van der Waals surface area contributed by atoms with Gasteiger partial charge in [0.25, 0.3) is 5.91 Å². The average Bonchev–Trinajstić information content (AvgIpc) is 2.52. The van der Waals surface area contributed by atoms with Crippen LogP contribution in [0.15, 0.2) is 24.3 Å². The predicted octanol–water partition coefficient (Wildman–Crippen LogP) is 2.43. The molecule has 23 heavy (non-hydrogen) atoms. The molecule has 0 spiro atoms. The molecule has 0 saturated carbocycles. The molecule has 6 heteroatoms. The van der Waals surface area contributed by atoms with Crippen molar-refractivity contribution in [2.45, 2.75) is 19.8 Å². The maximum absolute atomic E-state index is 12.0. The van der Waals surface area contributed by atoms with E-state index >= 15 is 0 Å². The summed E-state index contributed by atoms with van der Waals surface area (Å²) in [6.07, 6.45) is 4.32. The van der Waals surface area contributed by atoms with Crippen LogP contribution in [0.2, 0.25) is 0 Å². The van der Waals surface area contributed by atoms with Crippen LogP contribution in [0.5, 0.6) is 11.5 Å². The van der Waals surface area contributed by atoms with Crippen LogP contribution in [-0.2, 0) is 9.59 Å². The third kappa shape index (κ3) is 6.42. The smallest absolute Gasteiger partial charge is 0.303 e. The molecule has 0 bridgehead atoms. The summed E-state index contributed by atoms with van der Waals surface area (Å²) in [5.74, 6) is -0.0296. The van der Waals surface area contributed by atoms with Gasteiger partial charge >= 0.3 is 5.97 Å². The number of allylic oxidation sites excluding steroid dienone is 1. The van der Waals surface area contributed by atoms with Crippen molar-refractivity contribution >= 4 is 18.0 Å². The van der Waals surface area contributed by atoms with Crippen molar-refractivity contribution < 1.29 is 24.2 Å². The molecule has 0 aliphatic heterocycles. The zero-order valence-electron chi connectivity index (χ0n) is 13.7. The van der Waals surface area contributed by atoms with Gasteiger partial charge in [-0.3, -0.25) is 9.59 Å². The van der Waals surface area contributed by atoms with Gasteiger partial charge in [0.1, 0.15) is 0 Å². The first-order chi connectivity index (χ1) is 11.0. The standard InChI is InChI=1S/C17H23NO5/c1-4-6-13-8-9-14(15(11-13)22-3)23-12-16(19)18(2)10-5-7-17(20)21/h4,6,8-9,11H,5,7,10,12H2,1-3H3,(H,20,21)/b6-4+. The average molecular weight is 321 g/mol. The van der Waals surface area contributed by atoms with Crippen molar-refractivity contribution in [1.82, 2.24) is 4.90 Å². The highest BCUT2D eigenvalue weighted by atomic mass is 16.5. The Bertz CT molecular complexity index is 568. The first kappa shape index (κ1) is 18.5. The van der Waals surface area contributed by atoms with Crippen LogP contribution in [0.1, 0.15) is 25.3 Å². The maximum Gasteiger partial charge on any atom is 0.303 e. The number of amides is 1. The number of rotatable bonds is 9. The van der Waals surface area contributed by atoms with Crippen molar-refractivity contribution in [3.05, 3.63) is 29.8 Å². The first-order valence-corrected chi connectivity index (χ1v) is 7.37. The van der Waals surface area contributed by atoms with Gasteiger partial charge in [0, 0.05) is 20.0 Å². The molecule has 1 N–H and O–H groups in total. The molecule has 0 heterocycles. The quantitative estimate of drug-likeness (QED) is 0.756. The van der Waals surface area contributed by atoms with E-state index in [1.807, 2.05) is 31.2 Å². The lowest BCUT2D eigenvalue weighted by atomic mass is 10.2. The van der Waals surface area contributed by atoms with E-state index in [2.05, 4.69) is 0 Å². The van der Waals surface area contributed by atoms with Crippen LogP contribution < -0.4 is 9.47 Å². The predicted molar refractivity (Wildman–Crippen MR) is 87.7 cm³/mol. The van der Waals surface area contributed by atoms with E-state index in [0.717, 1.165) is 5.56 Å². The van der Waals surface area contributed by atoms with Crippen molar-refractivity contribution in [3.63, 3.8) is 0 Å². The minimum Gasteiger partial charge on any atom is -0.493 e. The van der Waals surface area contributed by atoms with Gasteiger partial charge in [0.2, 0.25) is 0 Å². The van der Waals surface area contributed by atoms with E-state index in [1.54, 1.807) is 20.2 Å². The molecule has 0 saturated heterocycles. The van der Waals surface area contributed by atoms with Crippen molar-refractivity contribution in [1.29, 1.82) is 0 Å². The second-order valence-corrected chi connectivity index (χ2v) is 5.01. The van der Waals surface area contributed by atoms with Crippen LogP contribution in [0.4, 0.5) is 0 Å². The number of methoxy groups -OCH3 is 1. The molecule has 0 unspecified atom stereocenters. The SMILES string of the molecule is C/C=C/c1ccc(OCC(=O)N(C)CCCC(=O)O)c(OC)c1. The normalized spacial score (nSPS) is 10.6. The molecule has 0 aromatic heterocycles. The number of benzene rings is 1. The second kappa shape index (κ2) is 9.50. The Morgan fingerprint density at radius 1 is 1.30 bits per heavy atom. The number of hydrogen-bond donors (Lipinski definition) is 1. The van der Waals surface area contributed by atoms with Crippen molar-refractivity contribution in [2.75, 3.05) is 27.3 Å². The van der Waals surface area contributed by atoms with Gasteiger partial charge < -0.3 is 19.5 Å². The topological polar surface area (TPSA) is 76.1 Å². The lowest BCUT2D eigenvalue weighted by Gasteiger charge is -2.17. The number of hydrogen-bond acceptors (Lipinski definition) is 4. The molecule has 0 aliphatic carbocycles. The highest BCUT2D eigenvalue weighted by Crippen LogP contribution is 2.28. The number of ether oxygens (including phenoxy) is 2. The van der Waals surface area contributed by atoms with Gasteiger partial charge in [-0.1, -0.05) is 18.2 Å². The number of aliphatic carboxylic acids is 1. The Hall–Kier alpha value is -2.50. The number of nitrogens with zero attached hydrogens (tertiary/aromatic N) is 1. The molecule has 6 nitrogen and oxygen atoms in total. The van der Waals surface area contributed by atoms with E-state index in [-0.39, 0.29) is 18.9 Å². The molecule has 0 atom stereocenters. The summed E-state index contributed by atoms with van der Waals surface area (Å²) in [6.45, 7) is 2.19. The van der Waals surface area contributed by atoms with Crippen LogP contribution in [-0.4, -0.2) is 49.2 Å². The fourth-order valence-electron chi connectivity index (χ4n) is 1.94. The molecule has 0 fully saturated rings. The Balaban J connectivity index is 2.56. The van der Waals surface area contributed by atoms with Crippen molar-refractivity contribution in [3.8, 4) is 11.5 Å². The lowest BCUT2D eigenvalue weighted by molar-refractivity contribution is -0.138. The fraction of sp³-hybridized carbons (Fsp3) is 0.412. The van der Waals surface area contributed by atoms with Gasteiger partial charge in [0.05, 0.1) is 7.11 Å². The Labute approximate surface area is 136 Å². The van der Waals surface area contributed by atoms with Gasteiger partial charge in [0.15, 0.2) is 18.1 Å². The number of carbonyl (C=O) groups is 2. The van der Waals surface area contributed by atoms with E-state index < -0.39 is 5.97 Å². The van der Waals surface area contributed by atoms with Crippen LogP contribution in [0.3, 0.4) is 0 Å². The highest BCUT2D eigenvalue weighted by molar-refractivity contribution is 5.77. The van der Waals surface area contributed by atoms with Crippen LogP contribution >= 0.6 is 0 Å². The molecular formula is C17H23NO5. The Morgan fingerprint density at radius 2 is 2.04 bits per heavy atom. The minimum atomic E-state index is -0.868. The minimum absolute atomic E-state index is 0.0404. The van der Waals surface area contributed by atoms with Gasteiger partial charge in [-0.05, 0) is 31.0 Å². The maximum atomic E-state index is 12.0. The molecule has 126 valence electrons. The zero-order valence-corrected chi connectivity index (χ0v) is 13.7. The largest absolute Gasteiger partial charge is 0.493 e. The summed E-state index contributed by atoms with van der Waals surface area (Å²) in [4.78, 5) is 23.9. The summed E-state index contributed by atoms with van der Waals surface area (Å²) in [5, 5.41) is 8.59. The number of likely N-dealkylation sites (N-methyl/N-ethyl adjacent to an activating group) is 1. The summed E-state index contributed by atoms with van der Waals surface area (Å²) in [5.41, 5.74) is 0.980. The summed E-state index contributed by atoms with van der Waals surface area (Å²) in [7, 11) is 3.17. The van der Waals surface area contributed by atoms with E-state index in [9.17, 15) is 9.59 Å². The van der Waals surface area contributed by atoms with E-state index in [1.165, 1.54) is 4.90 Å². The van der Waals surface area contributed by atoms with Crippen LogP contribution in [0.25, 0.3) is 6.08 Å². The third-order valence-corrected chi connectivity index (χ3v) is 3.21. The lowest BCUT2D eigenvalue weighted by Crippen LogP contribution is -2.32.